The molecule has 32 heavy (non-hydrogen) atoms. The van der Waals surface area contributed by atoms with E-state index in [1.807, 2.05) is 4.90 Å². The molecule has 174 valence electrons. The molecular formula is C24H31ClN2O4S. The number of piperidine rings is 1. The Labute approximate surface area is 195 Å². The van der Waals surface area contributed by atoms with Crippen LogP contribution in [0, 0.1) is 23.2 Å². The quantitative estimate of drug-likeness (QED) is 0.660. The van der Waals surface area contributed by atoms with Crippen LogP contribution in [0.5, 0.6) is 0 Å². The highest BCUT2D eigenvalue weighted by Gasteiger charge is 2.57. The third kappa shape index (κ3) is 3.26. The van der Waals surface area contributed by atoms with E-state index in [1.54, 1.807) is 24.3 Å². The van der Waals surface area contributed by atoms with Crippen molar-refractivity contribution in [3.8, 4) is 0 Å². The highest BCUT2D eigenvalue weighted by atomic mass is 35.5. The number of carbonyl (C=O) groups excluding carboxylic acids is 1. The zero-order chi connectivity index (χ0) is 22.1. The summed E-state index contributed by atoms with van der Waals surface area (Å²) >= 11 is 5.95. The number of nitrogens with zero attached hydrogens (tertiary/aromatic N) is 2. The van der Waals surface area contributed by atoms with Crippen molar-refractivity contribution in [3.63, 3.8) is 0 Å². The van der Waals surface area contributed by atoms with Crippen LogP contribution < -0.4 is 0 Å². The van der Waals surface area contributed by atoms with E-state index in [9.17, 15) is 13.2 Å². The summed E-state index contributed by atoms with van der Waals surface area (Å²) in [5, 5.41) is 0.507. The first-order chi connectivity index (χ1) is 15.3. The third-order valence-electron chi connectivity index (χ3n) is 8.85. The van der Waals surface area contributed by atoms with Crippen LogP contribution in [0.25, 0.3) is 0 Å². The van der Waals surface area contributed by atoms with Crippen LogP contribution in [0.2, 0.25) is 5.02 Å². The average Bonchev–Trinajstić information content (AvgIpc) is 3.17. The van der Waals surface area contributed by atoms with Gasteiger partial charge in [-0.25, -0.2) is 8.42 Å². The smallest absolute Gasteiger partial charge is 0.245 e. The van der Waals surface area contributed by atoms with E-state index in [0.717, 1.165) is 37.0 Å². The second-order valence-electron chi connectivity index (χ2n) is 10.8. The SMILES string of the molecule is O=C(N1CCC2(CC1)OCCN2S(=O)(=O)c1ccc(Cl)cc1)C12CC3CC(CC(C3)C1)C2. The molecule has 4 bridgehead atoms. The number of sulfonamides is 1. The lowest BCUT2D eigenvalue weighted by Crippen LogP contribution is -2.59. The van der Waals surface area contributed by atoms with E-state index in [1.165, 1.54) is 23.6 Å². The largest absolute Gasteiger partial charge is 0.358 e. The first-order valence-electron chi connectivity index (χ1n) is 12.0. The minimum Gasteiger partial charge on any atom is -0.358 e. The summed E-state index contributed by atoms with van der Waals surface area (Å²) in [4.78, 5) is 16.0. The van der Waals surface area contributed by atoms with Gasteiger partial charge in [-0.05, 0) is 80.5 Å². The van der Waals surface area contributed by atoms with Crippen LogP contribution in [-0.2, 0) is 19.6 Å². The van der Waals surface area contributed by atoms with Crippen LogP contribution in [0.4, 0.5) is 0 Å². The van der Waals surface area contributed by atoms with Crippen LogP contribution >= 0.6 is 11.6 Å². The lowest BCUT2D eigenvalue weighted by atomic mass is 9.49. The molecule has 6 fully saturated rings. The molecule has 4 aliphatic carbocycles. The van der Waals surface area contributed by atoms with Gasteiger partial charge in [-0.15, -0.1) is 0 Å². The van der Waals surface area contributed by atoms with Gasteiger partial charge in [0.1, 0.15) is 5.72 Å². The van der Waals surface area contributed by atoms with Crippen molar-refractivity contribution in [2.24, 2.45) is 23.2 Å². The molecule has 2 aliphatic heterocycles. The van der Waals surface area contributed by atoms with Crippen molar-refractivity contribution in [3.05, 3.63) is 29.3 Å². The fourth-order valence-corrected chi connectivity index (χ4v) is 9.68. The molecule has 1 aromatic carbocycles. The highest BCUT2D eigenvalue weighted by molar-refractivity contribution is 7.89. The summed E-state index contributed by atoms with van der Waals surface area (Å²) in [6.45, 7) is 1.85. The van der Waals surface area contributed by atoms with E-state index in [0.29, 0.717) is 50.0 Å². The fourth-order valence-electron chi connectivity index (χ4n) is 7.83. The number of halogens is 1. The number of ether oxygens (including phenoxy) is 1. The predicted molar refractivity (Wildman–Crippen MR) is 120 cm³/mol. The standard InChI is InChI=1S/C24H31ClN2O4S/c25-20-1-3-21(4-2-20)32(29,30)27-9-10-31-24(27)5-7-26(8-6-24)22(28)23-14-17-11-18(15-23)13-19(12-17)16-23/h1-4,17-19H,5-16H2. The first-order valence-corrected chi connectivity index (χ1v) is 13.8. The van der Waals surface area contributed by atoms with Crippen molar-refractivity contribution in [1.29, 1.82) is 0 Å². The Morgan fingerprint density at radius 1 is 0.938 bits per heavy atom. The second-order valence-corrected chi connectivity index (χ2v) is 13.1. The van der Waals surface area contributed by atoms with Gasteiger partial charge in [0.05, 0.1) is 16.9 Å². The zero-order valence-electron chi connectivity index (χ0n) is 18.3. The second kappa shape index (κ2) is 7.42. The van der Waals surface area contributed by atoms with Gasteiger partial charge in [0, 0.05) is 37.5 Å². The maximum absolute atomic E-state index is 13.7. The molecule has 0 unspecified atom stereocenters. The van der Waals surface area contributed by atoms with Gasteiger partial charge >= 0.3 is 0 Å². The molecule has 0 atom stereocenters. The molecule has 4 saturated carbocycles. The number of hydrogen-bond donors (Lipinski definition) is 0. The fraction of sp³-hybridized carbons (Fsp3) is 0.708. The molecule has 6 aliphatic rings. The summed E-state index contributed by atoms with van der Waals surface area (Å²) in [7, 11) is -3.69. The van der Waals surface area contributed by atoms with Crippen molar-refractivity contribution in [2.45, 2.75) is 62.0 Å². The Hall–Kier alpha value is -1.15. The Balaban J connectivity index is 1.19. The minimum atomic E-state index is -3.69. The van der Waals surface area contributed by atoms with Gasteiger partial charge in [0.2, 0.25) is 15.9 Å². The van der Waals surface area contributed by atoms with E-state index < -0.39 is 15.7 Å². The highest BCUT2D eigenvalue weighted by Crippen LogP contribution is 2.60. The lowest BCUT2D eigenvalue weighted by Gasteiger charge is -2.57. The van der Waals surface area contributed by atoms with Gasteiger partial charge in [-0.2, -0.15) is 4.31 Å². The van der Waals surface area contributed by atoms with Crippen molar-refractivity contribution >= 4 is 27.5 Å². The molecule has 7 rings (SSSR count). The molecule has 2 heterocycles. The summed E-state index contributed by atoms with van der Waals surface area (Å²) < 4.78 is 34.4. The summed E-state index contributed by atoms with van der Waals surface area (Å²) in [5.41, 5.74) is -0.998. The van der Waals surface area contributed by atoms with Crippen LogP contribution in [0.1, 0.15) is 51.4 Å². The van der Waals surface area contributed by atoms with Gasteiger partial charge in [-0.1, -0.05) is 11.6 Å². The average molecular weight is 479 g/mol. The normalized spacial score (nSPS) is 36.2. The van der Waals surface area contributed by atoms with E-state index >= 15 is 0 Å². The predicted octanol–water partition coefficient (Wildman–Crippen LogP) is 3.90. The monoisotopic (exact) mass is 478 g/mol. The maximum Gasteiger partial charge on any atom is 0.245 e. The summed E-state index contributed by atoms with van der Waals surface area (Å²) in [5.74, 6) is 2.54. The molecule has 1 amide bonds. The Bertz CT molecular complexity index is 982. The van der Waals surface area contributed by atoms with Gasteiger partial charge in [0.15, 0.2) is 0 Å². The molecule has 2 saturated heterocycles. The lowest BCUT2D eigenvalue weighted by molar-refractivity contribution is -0.164. The minimum absolute atomic E-state index is 0.148. The van der Waals surface area contributed by atoms with Crippen molar-refractivity contribution in [1.82, 2.24) is 9.21 Å². The maximum atomic E-state index is 13.7. The first kappa shape index (κ1) is 21.4. The van der Waals surface area contributed by atoms with Crippen LogP contribution in [0.3, 0.4) is 0 Å². The summed E-state index contributed by atoms with van der Waals surface area (Å²) in [6, 6.07) is 6.31. The Morgan fingerprint density at radius 2 is 1.50 bits per heavy atom. The number of likely N-dealkylation sites (tertiary alicyclic amines) is 1. The molecule has 0 N–H and O–H groups in total. The molecule has 0 radical (unpaired) electrons. The van der Waals surface area contributed by atoms with Gasteiger partial charge < -0.3 is 9.64 Å². The van der Waals surface area contributed by atoms with E-state index in [4.69, 9.17) is 16.3 Å². The summed E-state index contributed by atoms with van der Waals surface area (Å²) in [6.07, 6.45) is 8.20. The van der Waals surface area contributed by atoms with Gasteiger partial charge in [0.25, 0.3) is 0 Å². The molecule has 1 aromatic rings. The Morgan fingerprint density at radius 3 is 2.06 bits per heavy atom. The zero-order valence-corrected chi connectivity index (χ0v) is 19.9. The van der Waals surface area contributed by atoms with Crippen molar-refractivity contribution in [2.75, 3.05) is 26.2 Å². The molecular weight excluding hydrogens is 448 g/mol. The molecule has 1 spiro atoms. The number of carbonyl (C=O) groups is 1. The third-order valence-corrected chi connectivity index (χ3v) is 11.1. The van der Waals surface area contributed by atoms with Gasteiger partial charge in [-0.3, -0.25) is 4.79 Å². The topological polar surface area (TPSA) is 66.9 Å². The molecule has 6 nitrogen and oxygen atoms in total. The van der Waals surface area contributed by atoms with E-state index in [-0.39, 0.29) is 10.3 Å². The van der Waals surface area contributed by atoms with E-state index in [2.05, 4.69) is 0 Å². The molecule has 8 heteroatoms. The number of hydrogen-bond acceptors (Lipinski definition) is 4. The Kier molecular flexibility index (Phi) is 4.96. The number of benzene rings is 1. The van der Waals surface area contributed by atoms with Crippen LogP contribution in [0.15, 0.2) is 29.2 Å². The van der Waals surface area contributed by atoms with Crippen molar-refractivity contribution < 1.29 is 17.9 Å². The van der Waals surface area contributed by atoms with Crippen LogP contribution in [-0.4, -0.2) is 55.5 Å². The number of amides is 1. The molecule has 0 aromatic heterocycles. The number of rotatable bonds is 3.